The molecule has 0 aromatic heterocycles. The molecule has 106 valence electrons. The van der Waals surface area contributed by atoms with Crippen molar-refractivity contribution in [1.29, 1.82) is 0 Å². The third kappa shape index (κ3) is 3.78. The lowest BCUT2D eigenvalue weighted by Gasteiger charge is -2.40. The minimum absolute atomic E-state index is 0.236. The Bertz CT molecular complexity index is 413. The lowest BCUT2D eigenvalue weighted by atomic mass is 9.97. The smallest absolute Gasteiger partial charge is 0.0747 e. The zero-order valence-corrected chi connectivity index (χ0v) is 12.6. The molecule has 2 rings (SSSR count). The van der Waals surface area contributed by atoms with Gasteiger partial charge in [-0.15, -0.1) is 0 Å². The second kappa shape index (κ2) is 6.04. The molecule has 1 aromatic carbocycles. The average molecular weight is 262 g/mol. The standard InChI is InChI=1S/C16H26N2O/c1-12-7-13(2)9-14(8-12)10-16(19)15-11-17(3)5-6-18(15)4/h7-9,15-16,19H,5-6,10-11H2,1-4H3. The van der Waals surface area contributed by atoms with Crippen molar-refractivity contribution in [1.82, 2.24) is 9.80 Å². The van der Waals surface area contributed by atoms with Crippen LogP contribution < -0.4 is 0 Å². The van der Waals surface area contributed by atoms with E-state index < -0.39 is 0 Å². The Morgan fingerprint density at radius 2 is 1.79 bits per heavy atom. The molecule has 1 aliphatic rings. The Labute approximate surface area is 116 Å². The fourth-order valence-corrected chi connectivity index (χ4v) is 3.02. The second-order valence-corrected chi connectivity index (χ2v) is 6.08. The van der Waals surface area contributed by atoms with Crippen LogP contribution in [0.2, 0.25) is 0 Å². The van der Waals surface area contributed by atoms with Crippen molar-refractivity contribution in [2.45, 2.75) is 32.4 Å². The SMILES string of the molecule is Cc1cc(C)cc(CC(O)C2CN(C)CCN2C)c1. The van der Waals surface area contributed by atoms with Gasteiger partial charge in [0.05, 0.1) is 6.10 Å². The van der Waals surface area contributed by atoms with Crippen molar-refractivity contribution >= 4 is 0 Å². The Hall–Kier alpha value is -0.900. The van der Waals surface area contributed by atoms with Gasteiger partial charge < -0.3 is 10.0 Å². The summed E-state index contributed by atoms with van der Waals surface area (Å²) in [5, 5.41) is 10.5. The van der Waals surface area contributed by atoms with E-state index in [2.05, 4.69) is 55.9 Å². The van der Waals surface area contributed by atoms with Gasteiger partial charge in [0, 0.05) is 25.7 Å². The Kier molecular flexibility index (Phi) is 4.61. The monoisotopic (exact) mass is 262 g/mol. The van der Waals surface area contributed by atoms with Crippen LogP contribution in [0.5, 0.6) is 0 Å². The summed E-state index contributed by atoms with van der Waals surface area (Å²) in [6, 6.07) is 6.78. The first-order chi connectivity index (χ1) is 8.95. The van der Waals surface area contributed by atoms with E-state index in [1.807, 2.05) is 0 Å². The zero-order valence-electron chi connectivity index (χ0n) is 12.6. The summed E-state index contributed by atoms with van der Waals surface area (Å²) in [7, 11) is 4.24. The highest BCUT2D eigenvalue weighted by atomic mass is 16.3. The van der Waals surface area contributed by atoms with Crippen molar-refractivity contribution < 1.29 is 5.11 Å². The van der Waals surface area contributed by atoms with Crippen LogP contribution >= 0.6 is 0 Å². The van der Waals surface area contributed by atoms with E-state index in [-0.39, 0.29) is 12.1 Å². The molecule has 3 nitrogen and oxygen atoms in total. The predicted octanol–water partition coefficient (Wildman–Crippen LogP) is 1.45. The van der Waals surface area contributed by atoms with E-state index in [1.54, 1.807) is 0 Å². The van der Waals surface area contributed by atoms with Crippen LogP contribution in [-0.2, 0) is 6.42 Å². The number of rotatable bonds is 3. The first-order valence-electron chi connectivity index (χ1n) is 7.09. The van der Waals surface area contributed by atoms with Crippen molar-refractivity contribution in [3.05, 3.63) is 34.9 Å². The highest BCUT2D eigenvalue weighted by Crippen LogP contribution is 2.16. The van der Waals surface area contributed by atoms with Crippen LogP contribution in [0, 0.1) is 13.8 Å². The second-order valence-electron chi connectivity index (χ2n) is 6.08. The summed E-state index contributed by atoms with van der Waals surface area (Å²) >= 11 is 0. The molecule has 3 heteroatoms. The fraction of sp³-hybridized carbons (Fsp3) is 0.625. The number of aliphatic hydroxyl groups is 1. The van der Waals surface area contributed by atoms with Gasteiger partial charge in [0.1, 0.15) is 0 Å². The molecule has 1 fully saturated rings. The van der Waals surface area contributed by atoms with Crippen molar-refractivity contribution in [2.75, 3.05) is 33.7 Å². The van der Waals surface area contributed by atoms with Gasteiger partial charge in [-0.3, -0.25) is 4.90 Å². The molecular weight excluding hydrogens is 236 g/mol. The highest BCUT2D eigenvalue weighted by molar-refractivity contribution is 5.29. The number of aliphatic hydroxyl groups excluding tert-OH is 1. The summed E-state index contributed by atoms with van der Waals surface area (Å²) < 4.78 is 0. The van der Waals surface area contributed by atoms with E-state index in [0.717, 1.165) is 26.1 Å². The van der Waals surface area contributed by atoms with Crippen molar-refractivity contribution in [2.24, 2.45) is 0 Å². The number of piperazine rings is 1. The van der Waals surface area contributed by atoms with Gasteiger partial charge in [-0.2, -0.15) is 0 Å². The molecule has 1 saturated heterocycles. The minimum Gasteiger partial charge on any atom is -0.391 e. The van der Waals surface area contributed by atoms with Crippen molar-refractivity contribution in [3.63, 3.8) is 0 Å². The Balaban J connectivity index is 2.05. The Morgan fingerprint density at radius 1 is 1.16 bits per heavy atom. The normalized spacial score (nSPS) is 23.5. The van der Waals surface area contributed by atoms with Crippen molar-refractivity contribution in [3.8, 4) is 0 Å². The van der Waals surface area contributed by atoms with Gasteiger partial charge in [0.25, 0.3) is 0 Å². The molecule has 1 heterocycles. The largest absolute Gasteiger partial charge is 0.391 e. The quantitative estimate of drug-likeness (QED) is 0.893. The molecule has 1 aliphatic heterocycles. The van der Waals surface area contributed by atoms with Gasteiger partial charge >= 0.3 is 0 Å². The van der Waals surface area contributed by atoms with Gasteiger partial charge in [-0.25, -0.2) is 0 Å². The summed E-state index contributed by atoms with van der Waals surface area (Å²) in [5.74, 6) is 0. The minimum atomic E-state index is -0.297. The molecule has 2 unspecified atom stereocenters. The molecular formula is C16H26N2O. The summed E-state index contributed by atoms with van der Waals surface area (Å²) in [6.45, 7) is 7.30. The third-order valence-electron chi connectivity index (χ3n) is 4.07. The van der Waals surface area contributed by atoms with Gasteiger partial charge in [-0.05, 0) is 39.9 Å². The molecule has 19 heavy (non-hydrogen) atoms. The summed E-state index contributed by atoms with van der Waals surface area (Å²) in [4.78, 5) is 4.59. The maximum absolute atomic E-state index is 10.5. The number of benzene rings is 1. The van der Waals surface area contributed by atoms with Gasteiger partial charge in [0.2, 0.25) is 0 Å². The zero-order chi connectivity index (χ0) is 14.0. The molecule has 0 saturated carbocycles. The third-order valence-corrected chi connectivity index (χ3v) is 4.07. The highest BCUT2D eigenvalue weighted by Gasteiger charge is 2.28. The van der Waals surface area contributed by atoms with E-state index in [4.69, 9.17) is 0 Å². The number of nitrogens with zero attached hydrogens (tertiary/aromatic N) is 2. The number of aryl methyl sites for hydroxylation is 2. The molecule has 0 bridgehead atoms. The Morgan fingerprint density at radius 3 is 2.42 bits per heavy atom. The van der Waals surface area contributed by atoms with Crippen LogP contribution in [0.4, 0.5) is 0 Å². The molecule has 0 aliphatic carbocycles. The predicted molar refractivity (Wildman–Crippen MR) is 79.5 cm³/mol. The molecule has 2 atom stereocenters. The molecule has 1 aromatic rings. The first-order valence-corrected chi connectivity index (χ1v) is 7.09. The lowest BCUT2D eigenvalue weighted by molar-refractivity contribution is 0.0153. The number of likely N-dealkylation sites (N-methyl/N-ethyl adjacent to an activating group) is 2. The maximum atomic E-state index is 10.5. The number of hydrogen-bond donors (Lipinski definition) is 1. The van der Waals surface area contributed by atoms with Crippen LogP contribution in [0.25, 0.3) is 0 Å². The molecule has 0 amide bonds. The van der Waals surface area contributed by atoms with Gasteiger partial charge in [-0.1, -0.05) is 29.3 Å². The lowest BCUT2D eigenvalue weighted by Crippen LogP contribution is -2.55. The van der Waals surface area contributed by atoms with Crippen LogP contribution in [0.3, 0.4) is 0 Å². The van der Waals surface area contributed by atoms with Crippen LogP contribution in [0.1, 0.15) is 16.7 Å². The van der Waals surface area contributed by atoms with E-state index in [0.29, 0.717) is 0 Å². The van der Waals surface area contributed by atoms with E-state index >= 15 is 0 Å². The van der Waals surface area contributed by atoms with Crippen LogP contribution in [-0.4, -0.2) is 60.8 Å². The van der Waals surface area contributed by atoms with E-state index in [1.165, 1.54) is 16.7 Å². The molecule has 0 radical (unpaired) electrons. The van der Waals surface area contributed by atoms with E-state index in [9.17, 15) is 5.11 Å². The average Bonchev–Trinajstić information content (AvgIpc) is 2.30. The molecule has 0 spiro atoms. The summed E-state index contributed by atoms with van der Waals surface area (Å²) in [5.41, 5.74) is 3.79. The maximum Gasteiger partial charge on any atom is 0.0747 e. The summed E-state index contributed by atoms with van der Waals surface area (Å²) in [6.07, 6.45) is 0.444. The van der Waals surface area contributed by atoms with Crippen LogP contribution in [0.15, 0.2) is 18.2 Å². The number of hydrogen-bond acceptors (Lipinski definition) is 3. The topological polar surface area (TPSA) is 26.7 Å². The molecule has 1 N–H and O–H groups in total. The first kappa shape index (κ1) is 14.5. The fourth-order valence-electron chi connectivity index (χ4n) is 3.02. The van der Waals surface area contributed by atoms with Gasteiger partial charge in [0.15, 0.2) is 0 Å².